The lowest BCUT2D eigenvalue weighted by Crippen LogP contribution is -2.21. The fourth-order valence-corrected chi connectivity index (χ4v) is 2.59. The summed E-state index contributed by atoms with van der Waals surface area (Å²) in [4.78, 5) is 13.0. The van der Waals surface area contributed by atoms with Crippen LogP contribution in [0.15, 0.2) is 12.3 Å². The molecule has 0 radical (unpaired) electrons. The van der Waals surface area contributed by atoms with Crippen LogP contribution in [0.1, 0.15) is 44.8 Å². The second kappa shape index (κ2) is 6.19. The molecule has 2 unspecified atom stereocenters. The number of carboxylic acid groups (broad SMARTS) is 1. The zero-order valence-corrected chi connectivity index (χ0v) is 11.7. The summed E-state index contributed by atoms with van der Waals surface area (Å²) in [6, 6.07) is 2.50. The van der Waals surface area contributed by atoms with Crippen LogP contribution < -0.4 is 0 Å². The molecule has 1 aliphatic rings. The van der Waals surface area contributed by atoms with E-state index >= 15 is 0 Å². The molecule has 2 heterocycles. The molecule has 0 spiro atoms. The molecule has 0 aliphatic carbocycles. The van der Waals surface area contributed by atoms with E-state index in [-0.39, 0.29) is 6.42 Å². The third kappa shape index (κ3) is 3.80. The van der Waals surface area contributed by atoms with Crippen molar-refractivity contribution in [3.8, 4) is 0 Å². The molecule has 5 nitrogen and oxygen atoms in total. The van der Waals surface area contributed by atoms with Crippen LogP contribution in [0.2, 0.25) is 0 Å². The Morgan fingerprint density at radius 3 is 3.11 bits per heavy atom. The number of nitrogens with zero attached hydrogens (tertiary/aromatic N) is 3. The highest BCUT2D eigenvalue weighted by Gasteiger charge is 2.24. The monoisotopic (exact) mass is 265 g/mol. The Morgan fingerprint density at radius 1 is 1.63 bits per heavy atom. The average Bonchev–Trinajstić information content (AvgIpc) is 2.98. The number of aromatic nitrogens is 2. The van der Waals surface area contributed by atoms with Crippen LogP contribution in [0.4, 0.5) is 0 Å². The molecule has 0 saturated carbocycles. The number of carboxylic acids is 1. The summed E-state index contributed by atoms with van der Waals surface area (Å²) in [7, 11) is 0. The van der Waals surface area contributed by atoms with Crippen molar-refractivity contribution in [1.29, 1.82) is 0 Å². The van der Waals surface area contributed by atoms with E-state index in [1.165, 1.54) is 0 Å². The topological polar surface area (TPSA) is 58.4 Å². The highest BCUT2D eigenvalue weighted by molar-refractivity contribution is 5.67. The van der Waals surface area contributed by atoms with Gasteiger partial charge in [-0.25, -0.2) is 0 Å². The van der Waals surface area contributed by atoms with E-state index in [1.54, 1.807) is 0 Å². The summed E-state index contributed by atoms with van der Waals surface area (Å²) in [6.07, 6.45) is 4.38. The Bertz CT molecular complexity index is 430. The first-order valence-electron chi connectivity index (χ1n) is 7.06. The van der Waals surface area contributed by atoms with Crippen molar-refractivity contribution >= 4 is 5.97 Å². The van der Waals surface area contributed by atoms with Gasteiger partial charge in [-0.05, 0) is 38.3 Å². The Balaban J connectivity index is 1.85. The van der Waals surface area contributed by atoms with Crippen LogP contribution in [0.5, 0.6) is 0 Å². The summed E-state index contributed by atoms with van der Waals surface area (Å²) < 4.78 is 2.01. The average molecular weight is 265 g/mol. The maximum absolute atomic E-state index is 10.7. The Morgan fingerprint density at radius 2 is 2.42 bits per heavy atom. The standard InChI is InChI=1S/C14H23N3O2/c1-3-11(2)17-7-5-13(15-17)10-16-6-4-12(9-16)8-14(18)19/h5,7,11-12H,3-4,6,8-10H2,1-2H3,(H,18,19). The molecule has 2 rings (SSSR count). The molecule has 1 aromatic rings. The summed E-state index contributed by atoms with van der Waals surface area (Å²) in [5.41, 5.74) is 1.08. The van der Waals surface area contributed by atoms with E-state index in [2.05, 4.69) is 29.9 Å². The highest BCUT2D eigenvalue weighted by Crippen LogP contribution is 2.21. The lowest BCUT2D eigenvalue weighted by molar-refractivity contribution is -0.138. The van der Waals surface area contributed by atoms with Gasteiger partial charge in [-0.1, -0.05) is 6.92 Å². The molecule has 0 amide bonds. The van der Waals surface area contributed by atoms with Crippen molar-refractivity contribution in [2.24, 2.45) is 5.92 Å². The van der Waals surface area contributed by atoms with Gasteiger partial charge < -0.3 is 5.11 Å². The van der Waals surface area contributed by atoms with E-state index in [0.717, 1.165) is 38.2 Å². The third-order valence-corrected chi connectivity index (χ3v) is 3.92. The van der Waals surface area contributed by atoms with E-state index in [1.807, 2.05) is 10.9 Å². The van der Waals surface area contributed by atoms with E-state index < -0.39 is 5.97 Å². The molecule has 106 valence electrons. The van der Waals surface area contributed by atoms with Crippen molar-refractivity contribution in [2.75, 3.05) is 13.1 Å². The fourth-order valence-electron chi connectivity index (χ4n) is 2.59. The Labute approximate surface area is 114 Å². The maximum Gasteiger partial charge on any atom is 0.303 e. The molecule has 0 aromatic carbocycles. The molecule has 2 atom stereocenters. The number of likely N-dealkylation sites (tertiary alicyclic amines) is 1. The lowest BCUT2D eigenvalue weighted by Gasteiger charge is -2.14. The minimum absolute atomic E-state index is 0.289. The van der Waals surface area contributed by atoms with Gasteiger partial charge in [0.25, 0.3) is 0 Å². The quantitative estimate of drug-likeness (QED) is 0.856. The van der Waals surface area contributed by atoms with Gasteiger partial charge in [-0.2, -0.15) is 5.10 Å². The first kappa shape index (κ1) is 14.1. The molecule has 1 aliphatic heterocycles. The summed E-state index contributed by atoms with van der Waals surface area (Å²) in [5, 5.41) is 13.4. The van der Waals surface area contributed by atoms with Crippen molar-refractivity contribution in [1.82, 2.24) is 14.7 Å². The molecule has 19 heavy (non-hydrogen) atoms. The van der Waals surface area contributed by atoms with Gasteiger partial charge in [-0.15, -0.1) is 0 Å². The molecular weight excluding hydrogens is 242 g/mol. The van der Waals surface area contributed by atoms with E-state index in [4.69, 9.17) is 5.11 Å². The minimum atomic E-state index is -0.687. The Kier molecular flexibility index (Phi) is 4.58. The summed E-state index contributed by atoms with van der Waals surface area (Å²) >= 11 is 0. The van der Waals surface area contributed by atoms with Crippen LogP contribution in [0.25, 0.3) is 0 Å². The second-order valence-corrected chi connectivity index (χ2v) is 5.53. The number of hydrogen-bond donors (Lipinski definition) is 1. The SMILES string of the molecule is CCC(C)n1ccc(CN2CCC(CC(=O)O)C2)n1. The lowest BCUT2D eigenvalue weighted by atomic mass is 10.1. The third-order valence-electron chi connectivity index (χ3n) is 3.92. The van der Waals surface area contributed by atoms with E-state index in [9.17, 15) is 4.79 Å². The van der Waals surface area contributed by atoms with Crippen LogP contribution in [-0.2, 0) is 11.3 Å². The van der Waals surface area contributed by atoms with Gasteiger partial charge in [0.2, 0.25) is 0 Å². The van der Waals surface area contributed by atoms with Crippen LogP contribution in [-0.4, -0.2) is 38.8 Å². The number of rotatable bonds is 6. The molecule has 1 fully saturated rings. The van der Waals surface area contributed by atoms with Gasteiger partial charge in [0.1, 0.15) is 0 Å². The second-order valence-electron chi connectivity index (χ2n) is 5.53. The predicted molar refractivity (Wildman–Crippen MR) is 72.9 cm³/mol. The molecule has 5 heteroatoms. The van der Waals surface area contributed by atoms with Crippen LogP contribution in [0.3, 0.4) is 0 Å². The molecular formula is C14H23N3O2. The van der Waals surface area contributed by atoms with Gasteiger partial charge in [0.15, 0.2) is 0 Å². The van der Waals surface area contributed by atoms with E-state index in [0.29, 0.717) is 12.0 Å². The van der Waals surface area contributed by atoms with Gasteiger partial charge in [0.05, 0.1) is 5.69 Å². The van der Waals surface area contributed by atoms with Crippen molar-refractivity contribution in [2.45, 2.75) is 45.7 Å². The van der Waals surface area contributed by atoms with Gasteiger partial charge in [0, 0.05) is 31.7 Å². The number of aliphatic carboxylic acids is 1. The number of hydrogen-bond acceptors (Lipinski definition) is 3. The minimum Gasteiger partial charge on any atom is -0.481 e. The predicted octanol–water partition coefficient (Wildman–Crippen LogP) is 2.15. The number of carbonyl (C=O) groups is 1. The zero-order valence-electron chi connectivity index (χ0n) is 11.7. The summed E-state index contributed by atoms with van der Waals surface area (Å²) in [5.74, 6) is -0.387. The first-order valence-corrected chi connectivity index (χ1v) is 7.06. The van der Waals surface area contributed by atoms with Crippen molar-refractivity contribution in [3.05, 3.63) is 18.0 Å². The van der Waals surface area contributed by atoms with Crippen LogP contribution in [0, 0.1) is 5.92 Å². The molecule has 0 bridgehead atoms. The first-order chi connectivity index (χ1) is 9.08. The molecule has 1 N–H and O–H groups in total. The van der Waals surface area contributed by atoms with Crippen molar-refractivity contribution in [3.63, 3.8) is 0 Å². The molecule has 1 saturated heterocycles. The molecule has 1 aromatic heterocycles. The van der Waals surface area contributed by atoms with Gasteiger partial charge in [-0.3, -0.25) is 14.4 Å². The summed E-state index contributed by atoms with van der Waals surface area (Å²) in [6.45, 7) is 7.01. The zero-order chi connectivity index (χ0) is 13.8. The van der Waals surface area contributed by atoms with Crippen LogP contribution >= 0.6 is 0 Å². The Hall–Kier alpha value is -1.36. The fraction of sp³-hybridized carbons (Fsp3) is 0.714. The smallest absolute Gasteiger partial charge is 0.303 e. The van der Waals surface area contributed by atoms with Gasteiger partial charge >= 0.3 is 5.97 Å². The van der Waals surface area contributed by atoms with Crippen molar-refractivity contribution < 1.29 is 9.90 Å². The highest BCUT2D eigenvalue weighted by atomic mass is 16.4. The largest absolute Gasteiger partial charge is 0.481 e. The normalized spacial score (nSPS) is 21.7. The maximum atomic E-state index is 10.7.